The molecule has 0 unspecified atom stereocenters. The maximum Gasteiger partial charge on any atom is 0.112 e. The molecule has 1 saturated heterocycles. The topological polar surface area (TPSA) is 47.3 Å². The second-order valence-electron chi connectivity index (χ2n) is 3.80. The van der Waals surface area contributed by atoms with Crippen LogP contribution < -0.4 is 0 Å². The molecule has 0 saturated carbocycles. The Morgan fingerprint density at radius 3 is 2.87 bits per heavy atom. The van der Waals surface area contributed by atoms with Crippen molar-refractivity contribution in [2.75, 3.05) is 13.2 Å². The van der Waals surface area contributed by atoms with Gasteiger partial charge in [0.1, 0.15) is 5.60 Å². The molecule has 0 aliphatic carbocycles. The molecular weight excluding hydrogens is 216 g/mol. The maximum atomic E-state index is 10.5. The number of rotatable bonds is 2. The van der Waals surface area contributed by atoms with Crippen molar-refractivity contribution in [2.45, 2.75) is 31.9 Å². The van der Waals surface area contributed by atoms with E-state index in [1.165, 1.54) is 0 Å². The van der Waals surface area contributed by atoms with E-state index < -0.39 is 5.60 Å². The summed E-state index contributed by atoms with van der Waals surface area (Å²) < 4.78 is 7.00. The summed E-state index contributed by atoms with van der Waals surface area (Å²) in [5.41, 5.74) is -0.142. The van der Waals surface area contributed by atoms with E-state index in [4.69, 9.17) is 16.3 Å². The molecule has 1 aromatic rings. The van der Waals surface area contributed by atoms with E-state index >= 15 is 0 Å². The Morgan fingerprint density at radius 2 is 2.27 bits per heavy atom. The summed E-state index contributed by atoms with van der Waals surface area (Å²) in [6.45, 7) is 3.84. The van der Waals surface area contributed by atoms with Crippen LogP contribution in [0.1, 0.15) is 25.5 Å². The summed E-state index contributed by atoms with van der Waals surface area (Å²) in [5, 5.41) is 15.2. The zero-order valence-corrected chi connectivity index (χ0v) is 9.50. The number of ether oxygens (including phenoxy) is 1. The van der Waals surface area contributed by atoms with Gasteiger partial charge in [0.2, 0.25) is 0 Å². The van der Waals surface area contributed by atoms with Crippen LogP contribution in [-0.2, 0) is 16.9 Å². The number of aliphatic hydroxyl groups is 1. The molecule has 0 atom stereocenters. The van der Waals surface area contributed by atoms with Crippen LogP contribution in [0.25, 0.3) is 0 Å². The number of aryl methyl sites for hydroxylation is 1. The van der Waals surface area contributed by atoms with Gasteiger partial charge in [0.05, 0.1) is 16.9 Å². The standard InChI is InChI=1S/C10H15ClN2O2/c1-2-13-9(8(11)7-12-13)10(14)3-5-15-6-4-10/h7,14H,2-6H2,1H3. The van der Waals surface area contributed by atoms with E-state index in [1.54, 1.807) is 10.9 Å². The molecule has 2 heterocycles. The lowest BCUT2D eigenvalue weighted by Gasteiger charge is -2.32. The molecule has 4 nitrogen and oxygen atoms in total. The van der Waals surface area contributed by atoms with Gasteiger partial charge >= 0.3 is 0 Å². The summed E-state index contributed by atoms with van der Waals surface area (Å²) in [4.78, 5) is 0. The van der Waals surface area contributed by atoms with Crippen molar-refractivity contribution in [3.8, 4) is 0 Å². The van der Waals surface area contributed by atoms with Crippen molar-refractivity contribution >= 4 is 11.6 Å². The van der Waals surface area contributed by atoms with E-state index in [1.807, 2.05) is 6.92 Å². The maximum absolute atomic E-state index is 10.5. The Balaban J connectivity index is 2.37. The summed E-state index contributed by atoms with van der Waals surface area (Å²) >= 11 is 6.06. The molecule has 2 rings (SSSR count). The summed E-state index contributed by atoms with van der Waals surface area (Å²) in [6, 6.07) is 0. The zero-order valence-electron chi connectivity index (χ0n) is 8.74. The second-order valence-corrected chi connectivity index (χ2v) is 4.21. The first kappa shape index (κ1) is 10.9. The van der Waals surface area contributed by atoms with E-state index in [0.29, 0.717) is 37.6 Å². The third-order valence-corrected chi connectivity index (χ3v) is 3.13. The molecule has 5 heteroatoms. The number of hydrogen-bond donors (Lipinski definition) is 1. The molecule has 1 N–H and O–H groups in total. The molecule has 1 aliphatic rings. The second kappa shape index (κ2) is 4.12. The van der Waals surface area contributed by atoms with E-state index in [9.17, 15) is 5.11 Å². The highest BCUT2D eigenvalue weighted by Gasteiger charge is 2.36. The number of nitrogens with zero attached hydrogens (tertiary/aromatic N) is 2. The first-order chi connectivity index (χ1) is 7.17. The van der Waals surface area contributed by atoms with Crippen molar-refractivity contribution in [1.29, 1.82) is 0 Å². The normalized spacial score (nSPS) is 20.5. The Kier molecular flexibility index (Phi) is 3.00. The average Bonchev–Trinajstić information content (AvgIpc) is 2.61. The smallest absolute Gasteiger partial charge is 0.112 e. The van der Waals surface area contributed by atoms with Crippen molar-refractivity contribution in [3.05, 3.63) is 16.9 Å². The van der Waals surface area contributed by atoms with Gasteiger partial charge < -0.3 is 9.84 Å². The number of aromatic nitrogens is 2. The van der Waals surface area contributed by atoms with Gasteiger partial charge in [-0.15, -0.1) is 0 Å². The van der Waals surface area contributed by atoms with Crippen LogP contribution >= 0.6 is 11.6 Å². The van der Waals surface area contributed by atoms with Gasteiger partial charge in [-0.05, 0) is 6.92 Å². The Hall–Kier alpha value is -0.580. The van der Waals surface area contributed by atoms with Crippen LogP contribution in [0, 0.1) is 0 Å². The SMILES string of the molecule is CCn1ncc(Cl)c1C1(O)CCOCC1. The fraction of sp³-hybridized carbons (Fsp3) is 0.700. The minimum atomic E-state index is -0.873. The quantitative estimate of drug-likeness (QED) is 0.839. The molecule has 0 bridgehead atoms. The van der Waals surface area contributed by atoms with E-state index in [2.05, 4.69) is 5.10 Å². The summed E-state index contributed by atoms with van der Waals surface area (Å²) in [5.74, 6) is 0. The van der Waals surface area contributed by atoms with Gasteiger partial charge in [-0.2, -0.15) is 5.10 Å². The van der Waals surface area contributed by atoms with Gasteiger partial charge in [0.25, 0.3) is 0 Å². The molecule has 0 amide bonds. The number of hydrogen-bond acceptors (Lipinski definition) is 3. The van der Waals surface area contributed by atoms with Crippen molar-refractivity contribution in [1.82, 2.24) is 9.78 Å². The lowest BCUT2D eigenvalue weighted by Crippen LogP contribution is -2.36. The first-order valence-electron chi connectivity index (χ1n) is 5.19. The molecule has 0 aromatic carbocycles. The lowest BCUT2D eigenvalue weighted by molar-refractivity contribution is -0.0728. The molecule has 0 radical (unpaired) electrons. The molecule has 1 fully saturated rings. The Labute approximate surface area is 93.8 Å². The van der Waals surface area contributed by atoms with E-state index in [-0.39, 0.29) is 0 Å². The van der Waals surface area contributed by atoms with Gasteiger partial charge in [-0.1, -0.05) is 11.6 Å². The molecule has 84 valence electrons. The molecular formula is C10H15ClN2O2. The molecule has 1 aliphatic heterocycles. The summed E-state index contributed by atoms with van der Waals surface area (Å²) in [6.07, 6.45) is 2.75. The van der Waals surface area contributed by atoms with Crippen LogP contribution in [-0.4, -0.2) is 28.1 Å². The van der Waals surface area contributed by atoms with Gasteiger partial charge in [-0.3, -0.25) is 4.68 Å². The van der Waals surface area contributed by atoms with Crippen molar-refractivity contribution in [2.24, 2.45) is 0 Å². The molecule has 15 heavy (non-hydrogen) atoms. The monoisotopic (exact) mass is 230 g/mol. The first-order valence-corrected chi connectivity index (χ1v) is 5.57. The predicted octanol–water partition coefficient (Wildman–Crippen LogP) is 1.55. The largest absolute Gasteiger partial charge is 0.383 e. The minimum Gasteiger partial charge on any atom is -0.383 e. The predicted molar refractivity (Wildman–Crippen MR) is 56.9 cm³/mol. The van der Waals surface area contributed by atoms with Crippen LogP contribution in [0.5, 0.6) is 0 Å². The van der Waals surface area contributed by atoms with Crippen LogP contribution in [0.4, 0.5) is 0 Å². The number of halogens is 1. The highest BCUT2D eigenvalue weighted by molar-refractivity contribution is 6.31. The fourth-order valence-corrected chi connectivity index (χ4v) is 2.33. The van der Waals surface area contributed by atoms with Crippen LogP contribution in [0.2, 0.25) is 5.02 Å². The van der Waals surface area contributed by atoms with Gasteiger partial charge in [0.15, 0.2) is 0 Å². The average molecular weight is 231 g/mol. The third-order valence-electron chi connectivity index (χ3n) is 2.86. The summed E-state index contributed by atoms with van der Waals surface area (Å²) in [7, 11) is 0. The van der Waals surface area contributed by atoms with Gasteiger partial charge in [0, 0.05) is 32.6 Å². The van der Waals surface area contributed by atoms with Crippen molar-refractivity contribution in [3.63, 3.8) is 0 Å². The van der Waals surface area contributed by atoms with E-state index in [0.717, 1.165) is 5.69 Å². The zero-order chi connectivity index (χ0) is 10.9. The molecule has 1 aromatic heterocycles. The fourth-order valence-electron chi connectivity index (χ4n) is 2.01. The highest BCUT2D eigenvalue weighted by atomic mass is 35.5. The minimum absolute atomic E-state index is 0.543. The molecule has 0 spiro atoms. The van der Waals surface area contributed by atoms with Gasteiger partial charge in [-0.25, -0.2) is 0 Å². The Morgan fingerprint density at radius 1 is 1.60 bits per heavy atom. The van der Waals surface area contributed by atoms with Crippen molar-refractivity contribution < 1.29 is 9.84 Å². The Bertz CT molecular complexity index is 345. The highest BCUT2D eigenvalue weighted by Crippen LogP contribution is 2.35. The lowest BCUT2D eigenvalue weighted by atomic mass is 9.90. The van der Waals surface area contributed by atoms with Crippen LogP contribution in [0.15, 0.2) is 6.20 Å². The third kappa shape index (κ3) is 1.89. The van der Waals surface area contributed by atoms with Crippen LogP contribution in [0.3, 0.4) is 0 Å².